The van der Waals surface area contributed by atoms with Crippen LogP contribution < -0.4 is 10.2 Å². The van der Waals surface area contributed by atoms with Crippen LogP contribution >= 0.6 is 11.8 Å². The molecule has 1 aromatic heterocycles. The van der Waals surface area contributed by atoms with Crippen molar-refractivity contribution in [2.24, 2.45) is 0 Å². The average Bonchev–Trinajstić information content (AvgIpc) is 3.69. The first-order chi connectivity index (χ1) is 21.7. The van der Waals surface area contributed by atoms with E-state index in [-0.39, 0.29) is 28.9 Å². The number of aliphatic hydroxyl groups excluding tert-OH is 1. The largest absolute Gasteiger partial charge is 0.417 e. The number of nitrogens with one attached hydrogen (secondary N) is 1. The minimum absolute atomic E-state index is 0.0134. The third kappa shape index (κ3) is 7.48. The first kappa shape index (κ1) is 31.8. The van der Waals surface area contributed by atoms with Crippen molar-refractivity contribution in [2.45, 2.75) is 49.5 Å². The Balaban J connectivity index is 1.16. The average molecular weight is 647 g/mol. The number of hydrogen-bond acceptors (Lipinski definition) is 7. The number of aliphatic hydroxyl groups is 1. The quantitative estimate of drug-likeness (QED) is 0.266. The molecule has 3 aliphatic rings. The predicted octanol–water partition coefficient (Wildman–Crippen LogP) is 4.25. The van der Waals surface area contributed by atoms with E-state index in [1.807, 2.05) is 4.68 Å². The van der Waals surface area contributed by atoms with E-state index in [1.54, 1.807) is 17.0 Å². The Kier molecular flexibility index (Phi) is 9.69. The number of rotatable bonds is 9. The fraction of sp³-hybridized carbons (Fsp3) is 0.500. The number of hydrogen-bond donors (Lipinski definition) is 2. The number of piperazine rings is 1. The molecule has 0 saturated carbocycles. The van der Waals surface area contributed by atoms with Crippen molar-refractivity contribution in [3.05, 3.63) is 65.1 Å². The molecule has 45 heavy (non-hydrogen) atoms. The Labute approximate surface area is 264 Å². The second-order valence-electron chi connectivity index (χ2n) is 11.9. The van der Waals surface area contributed by atoms with Crippen molar-refractivity contribution in [2.75, 3.05) is 63.0 Å². The lowest BCUT2D eigenvalue weighted by Gasteiger charge is -2.37. The number of likely N-dealkylation sites (tertiary alicyclic amines) is 1. The van der Waals surface area contributed by atoms with Crippen molar-refractivity contribution in [3.63, 3.8) is 0 Å². The van der Waals surface area contributed by atoms with Crippen LogP contribution in [-0.2, 0) is 30.5 Å². The summed E-state index contributed by atoms with van der Waals surface area (Å²) in [7, 11) is 0. The number of nitrogens with zero attached hydrogens (tertiary/aromatic N) is 5. The molecule has 3 aliphatic heterocycles. The summed E-state index contributed by atoms with van der Waals surface area (Å²) in [5.41, 5.74) is 3.27. The number of benzene rings is 2. The third-order valence-electron chi connectivity index (χ3n) is 8.79. The zero-order chi connectivity index (χ0) is 31.6. The highest BCUT2D eigenvalue weighted by atomic mass is 32.2. The molecule has 4 heterocycles. The number of carbonyl (C=O) groups is 1. The van der Waals surface area contributed by atoms with Crippen molar-refractivity contribution in [3.8, 4) is 11.3 Å². The molecule has 8 nitrogen and oxygen atoms in total. The summed E-state index contributed by atoms with van der Waals surface area (Å²) in [5, 5.41) is 19.3. The third-order valence-corrected chi connectivity index (χ3v) is 9.83. The van der Waals surface area contributed by atoms with Crippen LogP contribution in [-0.4, -0.2) is 94.8 Å². The molecule has 2 saturated heterocycles. The molecule has 13 heteroatoms. The highest BCUT2D eigenvalue weighted by Gasteiger charge is 2.35. The molecule has 6 rings (SSSR count). The van der Waals surface area contributed by atoms with Gasteiger partial charge in [0.1, 0.15) is 5.82 Å². The van der Waals surface area contributed by atoms with Gasteiger partial charge in [0.2, 0.25) is 5.91 Å². The number of aromatic nitrogens is 2. The van der Waals surface area contributed by atoms with Gasteiger partial charge < -0.3 is 20.2 Å². The molecule has 0 aliphatic carbocycles. The fourth-order valence-corrected chi connectivity index (χ4v) is 7.43. The van der Waals surface area contributed by atoms with Gasteiger partial charge in [-0.3, -0.25) is 14.4 Å². The summed E-state index contributed by atoms with van der Waals surface area (Å²) in [6, 6.07) is 10.5. The zero-order valence-electron chi connectivity index (χ0n) is 25.0. The van der Waals surface area contributed by atoms with E-state index in [1.165, 1.54) is 24.3 Å². The van der Waals surface area contributed by atoms with Gasteiger partial charge in [0.05, 0.1) is 29.7 Å². The number of halogens is 4. The molecule has 1 unspecified atom stereocenters. The first-order valence-electron chi connectivity index (χ1n) is 15.5. The highest BCUT2D eigenvalue weighted by molar-refractivity contribution is 8.00. The Hall–Kier alpha value is -3.13. The predicted molar refractivity (Wildman–Crippen MR) is 166 cm³/mol. The smallest absolute Gasteiger partial charge is 0.390 e. The number of thioether (sulfide) groups is 1. The van der Waals surface area contributed by atoms with Crippen molar-refractivity contribution < 1.29 is 27.5 Å². The Bertz CT molecular complexity index is 1480. The zero-order valence-corrected chi connectivity index (χ0v) is 25.8. The van der Waals surface area contributed by atoms with Crippen molar-refractivity contribution in [1.29, 1.82) is 0 Å². The maximum atomic E-state index is 14.0. The van der Waals surface area contributed by atoms with Gasteiger partial charge >= 0.3 is 6.18 Å². The molecule has 0 radical (unpaired) electrons. The van der Waals surface area contributed by atoms with Crippen molar-refractivity contribution in [1.82, 2.24) is 24.9 Å². The SMILES string of the molecule is O=C(CSc1cc(-c2nn(CC(O)CN3CCN(c4ccc(F)cc4)CC3)c3c2CNCC3)ccc1C(F)(F)F)N1CCCC1. The summed E-state index contributed by atoms with van der Waals surface area (Å²) < 4.78 is 57.0. The van der Waals surface area contributed by atoms with Gasteiger partial charge in [0.15, 0.2) is 0 Å². The molecule has 0 bridgehead atoms. The van der Waals surface area contributed by atoms with Crippen molar-refractivity contribution >= 4 is 23.4 Å². The summed E-state index contributed by atoms with van der Waals surface area (Å²) >= 11 is 0.924. The van der Waals surface area contributed by atoms with Crippen LogP contribution in [0, 0.1) is 5.82 Å². The van der Waals surface area contributed by atoms with Crippen LogP contribution in [0.4, 0.5) is 23.2 Å². The van der Waals surface area contributed by atoms with E-state index >= 15 is 0 Å². The van der Waals surface area contributed by atoms with Gasteiger partial charge in [-0.15, -0.1) is 11.8 Å². The van der Waals surface area contributed by atoms with E-state index in [9.17, 15) is 27.5 Å². The van der Waals surface area contributed by atoms with Gasteiger partial charge in [-0.05, 0) is 49.2 Å². The van der Waals surface area contributed by atoms with E-state index in [0.29, 0.717) is 43.9 Å². The number of anilines is 1. The highest BCUT2D eigenvalue weighted by Crippen LogP contribution is 2.40. The van der Waals surface area contributed by atoms with Gasteiger partial charge in [0.25, 0.3) is 0 Å². The van der Waals surface area contributed by atoms with Gasteiger partial charge in [-0.1, -0.05) is 6.07 Å². The lowest BCUT2D eigenvalue weighted by molar-refractivity contribution is -0.139. The number of amides is 1. The summed E-state index contributed by atoms with van der Waals surface area (Å²) in [4.78, 5) is 18.8. The maximum absolute atomic E-state index is 14.0. The number of carbonyl (C=O) groups excluding carboxylic acids is 1. The standard InChI is InChI=1S/C32H38F4N6O2S/c33-23-4-6-24(7-5-23)40-15-13-39(14-16-40)19-25(43)20-42-28-9-10-37-18-26(28)31(38-42)22-3-8-27(32(34,35)36)29(17-22)45-21-30(44)41-11-1-2-12-41/h3-8,17,25,37,43H,1-2,9-16,18-21H2. The van der Waals surface area contributed by atoms with E-state index in [4.69, 9.17) is 5.10 Å². The van der Waals surface area contributed by atoms with Gasteiger partial charge in [-0.2, -0.15) is 18.3 Å². The van der Waals surface area contributed by atoms with Crippen LogP contribution in [0.1, 0.15) is 29.7 Å². The van der Waals surface area contributed by atoms with Crippen LogP contribution in [0.5, 0.6) is 0 Å². The monoisotopic (exact) mass is 646 g/mol. The Morgan fingerprint density at radius 2 is 1.73 bits per heavy atom. The van der Waals surface area contributed by atoms with Crippen LogP contribution in [0.2, 0.25) is 0 Å². The molecular weight excluding hydrogens is 608 g/mol. The molecule has 2 aromatic carbocycles. The van der Waals surface area contributed by atoms with E-state index < -0.39 is 17.8 Å². The molecule has 3 aromatic rings. The second kappa shape index (κ2) is 13.7. The first-order valence-corrected chi connectivity index (χ1v) is 16.5. The topological polar surface area (TPSA) is 76.9 Å². The number of β-amino-alcohol motifs (C(OH)–C–C–N with tert-alkyl or cyclic N) is 1. The van der Waals surface area contributed by atoms with E-state index in [0.717, 1.165) is 80.3 Å². The summed E-state index contributed by atoms with van der Waals surface area (Å²) in [5.74, 6) is -0.458. The second-order valence-corrected chi connectivity index (χ2v) is 12.9. The lowest BCUT2D eigenvalue weighted by atomic mass is 10.0. The van der Waals surface area contributed by atoms with Crippen LogP contribution in [0.3, 0.4) is 0 Å². The number of fused-ring (bicyclic) bond motifs is 1. The maximum Gasteiger partial charge on any atom is 0.417 e. The summed E-state index contributed by atoms with van der Waals surface area (Å²) in [6.07, 6.45) is -2.71. The molecule has 0 spiro atoms. The molecule has 242 valence electrons. The minimum atomic E-state index is -4.55. The lowest BCUT2D eigenvalue weighted by Crippen LogP contribution is -2.49. The molecule has 2 N–H and O–H groups in total. The van der Waals surface area contributed by atoms with Gasteiger partial charge in [-0.25, -0.2) is 4.39 Å². The fourth-order valence-electron chi connectivity index (χ4n) is 6.42. The summed E-state index contributed by atoms with van der Waals surface area (Å²) in [6.45, 7) is 6.36. The minimum Gasteiger partial charge on any atom is -0.390 e. The Morgan fingerprint density at radius 1 is 1.00 bits per heavy atom. The molecular formula is C32H38F4N6O2S. The molecule has 1 atom stereocenters. The molecule has 1 amide bonds. The normalized spacial score (nSPS) is 18.3. The molecule has 2 fully saturated rings. The Morgan fingerprint density at radius 3 is 2.44 bits per heavy atom. The van der Waals surface area contributed by atoms with Crippen LogP contribution in [0.15, 0.2) is 47.4 Å². The van der Waals surface area contributed by atoms with Crippen LogP contribution in [0.25, 0.3) is 11.3 Å². The van der Waals surface area contributed by atoms with Gasteiger partial charge in [0, 0.05) is 92.7 Å². The van der Waals surface area contributed by atoms with E-state index in [2.05, 4.69) is 15.1 Å². The number of alkyl halides is 3.